The number of hydrogen-bond acceptors (Lipinski definition) is 3. The van der Waals surface area contributed by atoms with Gasteiger partial charge in [-0.05, 0) is 40.2 Å². The molecule has 4 heteroatoms. The van der Waals surface area contributed by atoms with Crippen LogP contribution in [0.25, 0.3) is 0 Å². The number of piperidine rings is 1. The molecule has 1 amide bonds. The molecule has 0 aliphatic carbocycles. The Balaban J connectivity index is 2.67. The van der Waals surface area contributed by atoms with Crippen LogP contribution < -0.4 is 11.1 Å². The van der Waals surface area contributed by atoms with Crippen LogP contribution in [0.1, 0.15) is 40.5 Å². The highest BCUT2D eigenvalue weighted by atomic mass is 16.1. The van der Waals surface area contributed by atoms with E-state index < -0.39 is 5.54 Å². The molecule has 1 saturated heterocycles. The van der Waals surface area contributed by atoms with Crippen LogP contribution in [-0.4, -0.2) is 41.5 Å². The van der Waals surface area contributed by atoms with Crippen molar-refractivity contribution < 1.29 is 4.79 Å². The van der Waals surface area contributed by atoms with Crippen molar-refractivity contribution in [2.45, 2.75) is 51.6 Å². The third kappa shape index (κ3) is 2.74. The van der Waals surface area contributed by atoms with Crippen molar-refractivity contribution in [1.29, 1.82) is 0 Å². The van der Waals surface area contributed by atoms with Crippen molar-refractivity contribution >= 4 is 5.91 Å². The predicted molar refractivity (Wildman–Crippen MR) is 66.2 cm³/mol. The van der Waals surface area contributed by atoms with Gasteiger partial charge >= 0.3 is 0 Å². The van der Waals surface area contributed by atoms with E-state index in [1.54, 1.807) is 0 Å². The topological polar surface area (TPSA) is 58.4 Å². The van der Waals surface area contributed by atoms with Crippen molar-refractivity contribution in [1.82, 2.24) is 10.2 Å². The molecule has 1 rings (SSSR count). The Hall–Kier alpha value is -0.610. The maximum Gasteiger partial charge on any atom is 0.237 e. The fourth-order valence-corrected chi connectivity index (χ4v) is 2.41. The Morgan fingerprint density at radius 2 is 1.88 bits per heavy atom. The summed E-state index contributed by atoms with van der Waals surface area (Å²) in [7, 11) is 0. The van der Waals surface area contributed by atoms with Gasteiger partial charge < -0.3 is 11.1 Å². The van der Waals surface area contributed by atoms with Crippen molar-refractivity contribution in [2.24, 2.45) is 5.73 Å². The first-order chi connectivity index (χ1) is 7.32. The van der Waals surface area contributed by atoms with Crippen LogP contribution in [0.3, 0.4) is 0 Å². The van der Waals surface area contributed by atoms with Crippen LogP contribution >= 0.6 is 0 Å². The average Bonchev–Trinajstić information content (AvgIpc) is 2.17. The van der Waals surface area contributed by atoms with Gasteiger partial charge in [-0.3, -0.25) is 9.69 Å². The van der Waals surface area contributed by atoms with Crippen LogP contribution in [-0.2, 0) is 4.79 Å². The fourth-order valence-electron chi connectivity index (χ4n) is 2.41. The summed E-state index contributed by atoms with van der Waals surface area (Å²) in [6.07, 6.45) is 1.63. The zero-order chi connectivity index (χ0) is 12.4. The third-order valence-corrected chi connectivity index (χ3v) is 3.55. The second kappa shape index (κ2) is 4.72. The van der Waals surface area contributed by atoms with Gasteiger partial charge in [0.2, 0.25) is 5.91 Å². The largest absolute Gasteiger partial charge is 0.368 e. The second-order valence-electron chi connectivity index (χ2n) is 5.63. The molecule has 1 heterocycles. The van der Waals surface area contributed by atoms with E-state index in [0.717, 1.165) is 32.5 Å². The van der Waals surface area contributed by atoms with Gasteiger partial charge in [-0.25, -0.2) is 0 Å². The lowest BCUT2D eigenvalue weighted by Crippen LogP contribution is -2.62. The molecule has 1 aliphatic rings. The van der Waals surface area contributed by atoms with Crippen LogP contribution in [0.5, 0.6) is 0 Å². The number of likely N-dealkylation sites (tertiary alicyclic amines) is 1. The normalized spacial score (nSPS) is 22.0. The van der Waals surface area contributed by atoms with Gasteiger partial charge in [0, 0.05) is 18.6 Å². The van der Waals surface area contributed by atoms with E-state index in [4.69, 9.17) is 5.73 Å². The number of nitrogens with zero attached hydrogens (tertiary/aromatic N) is 1. The zero-order valence-corrected chi connectivity index (χ0v) is 11.0. The van der Waals surface area contributed by atoms with Gasteiger partial charge in [0.15, 0.2) is 0 Å². The highest BCUT2D eigenvalue weighted by molar-refractivity contribution is 5.84. The molecule has 0 radical (unpaired) electrons. The number of nitrogens with one attached hydrogen (secondary N) is 1. The predicted octanol–water partition coefficient (Wildman–Crippen LogP) is 0.714. The van der Waals surface area contributed by atoms with Gasteiger partial charge in [0.1, 0.15) is 5.54 Å². The summed E-state index contributed by atoms with van der Waals surface area (Å²) >= 11 is 0. The standard InChI is InChI=1S/C12H25N3O/c1-5-14-12(10(13)16)6-8-15(9-7-12)11(2,3)4/h14H,5-9H2,1-4H3,(H2,13,16). The molecule has 0 aromatic rings. The van der Waals surface area contributed by atoms with Gasteiger partial charge in [0.25, 0.3) is 0 Å². The Morgan fingerprint density at radius 1 is 1.38 bits per heavy atom. The molecule has 0 unspecified atom stereocenters. The van der Waals surface area contributed by atoms with Crippen LogP contribution in [0, 0.1) is 0 Å². The SMILES string of the molecule is CCNC1(C(N)=O)CCN(C(C)(C)C)CC1. The lowest BCUT2D eigenvalue weighted by atomic mass is 9.85. The Bertz CT molecular complexity index is 249. The van der Waals surface area contributed by atoms with E-state index in [9.17, 15) is 4.79 Å². The molecule has 0 atom stereocenters. The Morgan fingerprint density at radius 3 is 2.19 bits per heavy atom. The smallest absolute Gasteiger partial charge is 0.237 e. The maximum absolute atomic E-state index is 11.6. The number of likely N-dealkylation sites (N-methyl/N-ethyl adjacent to an activating group) is 1. The molecule has 16 heavy (non-hydrogen) atoms. The molecule has 1 aliphatic heterocycles. The second-order valence-corrected chi connectivity index (χ2v) is 5.63. The van der Waals surface area contributed by atoms with Crippen molar-refractivity contribution in [3.8, 4) is 0 Å². The number of primary amides is 1. The number of amides is 1. The molecule has 0 saturated carbocycles. The van der Waals surface area contributed by atoms with Crippen molar-refractivity contribution in [3.63, 3.8) is 0 Å². The lowest BCUT2D eigenvalue weighted by molar-refractivity contribution is -0.127. The van der Waals surface area contributed by atoms with Crippen LogP contribution in [0.2, 0.25) is 0 Å². The molecule has 0 aromatic heterocycles. The third-order valence-electron chi connectivity index (χ3n) is 3.55. The van der Waals surface area contributed by atoms with E-state index in [0.29, 0.717) is 0 Å². The molecule has 0 spiro atoms. The maximum atomic E-state index is 11.6. The molecule has 1 fully saturated rings. The molecule has 4 nitrogen and oxygen atoms in total. The highest BCUT2D eigenvalue weighted by Crippen LogP contribution is 2.26. The summed E-state index contributed by atoms with van der Waals surface area (Å²) in [6.45, 7) is 11.3. The summed E-state index contributed by atoms with van der Waals surface area (Å²) in [5, 5.41) is 3.27. The number of carbonyl (C=O) groups excluding carboxylic acids is 1. The van der Waals surface area contributed by atoms with Crippen LogP contribution in [0.4, 0.5) is 0 Å². The fraction of sp³-hybridized carbons (Fsp3) is 0.917. The molecule has 0 bridgehead atoms. The van der Waals surface area contributed by atoms with E-state index in [1.165, 1.54) is 0 Å². The summed E-state index contributed by atoms with van der Waals surface area (Å²) in [6, 6.07) is 0. The van der Waals surface area contributed by atoms with Crippen molar-refractivity contribution in [3.05, 3.63) is 0 Å². The van der Waals surface area contributed by atoms with Gasteiger partial charge in [-0.15, -0.1) is 0 Å². The van der Waals surface area contributed by atoms with Crippen molar-refractivity contribution in [2.75, 3.05) is 19.6 Å². The highest BCUT2D eigenvalue weighted by Gasteiger charge is 2.40. The molecular weight excluding hydrogens is 202 g/mol. The van der Waals surface area contributed by atoms with E-state index in [1.807, 2.05) is 6.92 Å². The first-order valence-corrected chi connectivity index (χ1v) is 6.12. The minimum absolute atomic E-state index is 0.177. The zero-order valence-electron chi connectivity index (χ0n) is 11.0. The van der Waals surface area contributed by atoms with Crippen LogP contribution in [0.15, 0.2) is 0 Å². The Labute approximate surface area is 98.6 Å². The first-order valence-electron chi connectivity index (χ1n) is 6.12. The number of nitrogens with two attached hydrogens (primary N) is 1. The molecular formula is C12H25N3O. The van der Waals surface area contributed by atoms with E-state index in [2.05, 4.69) is 31.0 Å². The molecule has 0 aromatic carbocycles. The minimum atomic E-state index is -0.476. The number of carbonyl (C=O) groups is 1. The monoisotopic (exact) mass is 227 g/mol. The number of rotatable bonds is 3. The summed E-state index contributed by atoms with van der Waals surface area (Å²) in [5.41, 5.74) is 5.22. The van der Waals surface area contributed by atoms with E-state index >= 15 is 0 Å². The average molecular weight is 227 g/mol. The Kier molecular flexibility index (Phi) is 3.97. The molecule has 94 valence electrons. The van der Waals surface area contributed by atoms with Gasteiger partial charge in [0.05, 0.1) is 0 Å². The number of hydrogen-bond donors (Lipinski definition) is 2. The molecule has 3 N–H and O–H groups in total. The minimum Gasteiger partial charge on any atom is -0.368 e. The van der Waals surface area contributed by atoms with Gasteiger partial charge in [-0.2, -0.15) is 0 Å². The first kappa shape index (κ1) is 13.5. The summed E-state index contributed by atoms with van der Waals surface area (Å²) in [5.74, 6) is -0.206. The quantitative estimate of drug-likeness (QED) is 0.747. The van der Waals surface area contributed by atoms with E-state index in [-0.39, 0.29) is 11.4 Å². The summed E-state index contributed by atoms with van der Waals surface area (Å²) in [4.78, 5) is 14.0. The van der Waals surface area contributed by atoms with Gasteiger partial charge in [-0.1, -0.05) is 6.92 Å². The summed E-state index contributed by atoms with van der Waals surface area (Å²) < 4.78 is 0. The lowest BCUT2D eigenvalue weighted by Gasteiger charge is -2.45.